The molecule has 2 rings (SSSR count). The first-order valence-electron chi connectivity index (χ1n) is 7.56. The zero-order valence-corrected chi connectivity index (χ0v) is 12.6. The quantitative estimate of drug-likeness (QED) is 0.655. The number of nitrogens with two attached hydrogens (primary N) is 1. The van der Waals surface area contributed by atoms with Gasteiger partial charge in [0.25, 0.3) is 0 Å². The van der Waals surface area contributed by atoms with Crippen LogP contribution >= 0.6 is 0 Å². The van der Waals surface area contributed by atoms with Crippen molar-refractivity contribution in [2.75, 3.05) is 18.0 Å². The summed E-state index contributed by atoms with van der Waals surface area (Å²) in [5.74, 6) is 0.522. The molecule has 1 aromatic carbocycles. The third-order valence-corrected chi connectivity index (χ3v) is 3.54. The molecule has 0 radical (unpaired) electrons. The minimum absolute atomic E-state index is 0.316. The maximum atomic E-state index is 5.88. The lowest BCUT2D eigenvalue weighted by Crippen LogP contribution is -2.36. The van der Waals surface area contributed by atoms with Crippen molar-refractivity contribution in [3.8, 4) is 0 Å². The van der Waals surface area contributed by atoms with Crippen LogP contribution in [0.4, 0.5) is 5.69 Å². The van der Waals surface area contributed by atoms with Crippen LogP contribution in [0, 0.1) is 0 Å². The fraction of sp³-hybridized carbons (Fsp3) is 0.562. The van der Waals surface area contributed by atoms with Crippen molar-refractivity contribution in [3.63, 3.8) is 0 Å². The Morgan fingerprint density at radius 1 is 1.25 bits per heavy atom. The summed E-state index contributed by atoms with van der Waals surface area (Å²) >= 11 is 0. The molecule has 0 spiro atoms. The summed E-state index contributed by atoms with van der Waals surface area (Å²) in [6.45, 7) is 7.06. The number of hydrogen-bond acceptors (Lipinski definition) is 2. The highest BCUT2D eigenvalue weighted by molar-refractivity contribution is 5.78. The Hall–Kier alpha value is -1.71. The SMILES string of the molecule is CC(C)NC(N)=NCc1ccccc1N1CCCCC1. The summed E-state index contributed by atoms with van der Waals surface area (Å²) in [7, 11) is 0. The van der Waals surface area contributed by atoms with Gasteiger partial charge in [-0.15, -0.1) is 0 Å². The van der Waals surface area contributed by atoms with Gasteiger partial charge in [-0.1, -0.05) is 18.2 Å². The fourth-order valence-corrected chi connectivity index (χ4v) is 2.60. The van der Waals surface area contributed by atoms with Crippen molar-refractivity contribution in [1.29, 1.82) is 0 Å². The minimum Gasteiger partial charge on any atom is -0.371 e. The number of nitrogens with one attached hydrogen (secondary N) is 1. The average Bonchev–Trinajstić information content (AvgIpc) is 2.46. The maximum Gasteiger partial charge on any atom is 0.189 e. The van der Waals surface area contributed by atoms with Gasteiger partial charge in [0.15, 0.2) is 5.96 Å². The molecule has 0 aliphatic carbocycles. The standard InChI is InChI=1S/C16H26N4/c1-13(2)19-16(17)18-12-14-8-4-5-9-15(14)20-10-6-3-7-11-20/h4-5,8-9,13H,3,6-7,10-12H2,1-2H3,(H3,17,18,19). The van der Waals surface area contributed by atoms with E-state index in [2.05, 4.69) is 53.3 Å². The zero-order chi connectivity index (χ0) is 14.4. The molecule has 4 nitrogen and oxygen atoms in total. The molecule has 1 fully saturated rings. The minimum atomic E-state index is 0.316. The number of anilines is 1. The van der Waals surface area contributed by atoms with Crippen molar-refractivity contribution in [3.05, 3.63) is 29.8 Å². The number of hydrogen-bond donors (Lipinski definition) is 2. The van der Waals surface area contributed by atoms with Crippen LogP contribution in [0.2, 0.25) is 0 Å². The number of para-hydroxylation sites is 1. The second-order valence-corrected chi connectivity index (χ2v) is 5.68. The lowest BCUT2D eigenvalue weighted by Gasteiger charge is -2.30. The second kappa shape index (κ2) is 7.17. The molecule has 0 saturated carbocycles. The molecule has 20 heavy (non-hydrogen) atoms. The molecule has 110 valence electrons. The van der Waals surface area contributed by atoms with Gasteiger partial charge < -0.3 is 16.0 Å². The summed E-state index contributed by atoms with van der Waals surface area (Å²) in [6.07, 6.45) is 3.92. The van der Waals surface area contributed by atoms with Crippen LogP contribution in [0.5, 0.6) is 0 Å². The van der Waals surface area contributed by atoms with Gasteiger partial charge in [0.1, 0.15) is 0 Å². The lowest BCUT2D eigenvalue weighted by atomic mass is 10.1. The van der Waals surface area contributed by atoms with E-state index in [1.54, 1.807) is 0 Å². The van der Waals surface area contributed by atoms with Gasteiger partial charge in [-0.2, -0.15) is 0 Å². The summed E-state index contributed by atoms with van der Waals surface area (Å²) in [5, 5.41) is 3.13. The van der Waals surface area contributed by atoms with Gasteiger partial charge >= 0.3 is 0 Å². The van der Waals surface area contributed by atoms with Crippen molar-refractivity contribution < 1.29 is 0 Å². The highest BCUT2D eigenvalue weighted by Gasteiger charge is 2.13. The summed E-state index contributed by atoms with van der Waals surface area (Å²) in [5.41, 5.74) is 8.44. The first-order valence-corrected chi connectivity index (χ1v) is 7.56. The number of benzene rings is 1. The molecule has 1 aromatic rings. The Labute approximate surface area is 122 Å². The van der Waals surface area contributed by atoms with Gasteiger partial charge in [0, 0.05) is 24.8 Å². The van der Waals surface area contributed by atoms with Crippen LogP contribution in [0.25, 0.3) is 0 Å². The molecule has 4 heteroatoms. The smallest absolute Gasteiger partial charge is 0.189 e. The molecule has 1 aliphatic rings. The van der Waals surface area contributed by atoms with Crippen LogP contribution in [-0.4, -0.2) is 25.1 Å². The van der Waals surface area contributed by atoms with E-state index in [4.69, 9.17) is 5.73 Å². The number of guanidine groups is 1. The molecule has 0 atom stereocenters. The first-order chi connectivity index (χ1) is 9.66. The lowest BCUT2D eigenvalue weighted by molar-refractivity contribution is 0.576. The molecule has 0 unspecified atom stereocenters. The van der Waals surface area contributed by atoms with Gasteiger partial charge in [0.2, 0.25) is 0 Å². The second-order valence-electron chi connectivity index (χ2n) is 5.68. The molecule has 1 heterocycles. The predicted molar refractivity (Wildman–Crippen MR) is 86.1 cm³/mol. The molecule has 0 aromatic heterocycles. The highest BCUT2D eigenvalue weighted by atomic mass is 15.1. The Kier molecular flexibility index (Phi) is 5.27. The van der Waals surface area contributed by atoms with E-state index < -0.39 is 0 Å². The van der Waals surface area contributed by atoms with Crippen molar-refractivity contribution in [2.45, 2.75) is 45.7 Å². The van der Waals surface area contributed by atoms with Gasteiger partial charge in [-0.3, -0.25) is 0 Å². The van der Waals surface area contributed by atoms with Gasteiger partial charge in [0.05, 0.1) is 6.54 Å². The number of rotatable bonds is 4. The third kappa shape index (κ3) is 4.15. The maximum absolute atomic E-state index is 5.88. The summed E-state index contributed by atoms with van der Waals surface area (Å²) in [4.78, 5) is 6.92. The van der Waals surface area contributed by atoms with Crippen molar-refractivity contribution in [1.82, 2.24) is 5.32 Å². The zero-order valence-electron chi connectivity index (χ0n) is 12.6. The van der Waals surface area contributed by atoms with Gasteiger partial charge in [-0.05, 0) is 44.7 Å². The molecule has 0 amide bonds. The van der Waals surface area contributed by atoms with E-state index in [9.17, 15) is 0 Å². The molecule has 1 saturated heterocycles. The van der Waals surface area contributed by atoms with E-state index >= 15 is 0 Å². The van der Waals surface area contributed by atoms with Crippen molar-refractivity contribution in [2.24, 2.45) is 10.7 Å². The largest absolute Gasteiger partial charge is 0.371 e. The molecule has 0 bridgehead atoms. The summed E-state index contributed by atoms with van der Waals surface area (Å²) in [6, 6.07) is 8.84. The van der Waals surface area contributed by atoms with Crippen LogP contribution < -0.4 is 16.0 Å². The van der Waals surface area contributed by atoms with E-state index in [-0.39, 0.29) is 0 Å². The average molecular weight is 274 g/mol. The Morgan fingerprint density at radius 2 is 1.95 bits per heavy atom. The van der Waals surface area contributed by atoms with Crippen molar-refractivity contribution >= 4 is 11.6 Å². The number of nitrogens with zero attached hydrogens (tertiary/aromatic N) is 2. The number of piperidine rings is 1. The predicted octanol–water partition coefficient (Wildman–Crippen LogP) is 2.49. The molecular weight excluding hydrogens is 248 g/mol. The van der Waals surface area contributed by atoms with Crippen LogP contribution in [0.1, 0.15) is 38.7 Å². The normalized spacial score (nSPS) is 16.6. The molecule has 3 N–H and O–H groups in total. The van der Waals surface area contributed by atoms with E-state index in [1.165, 1.54) is 30.5 Å². The topological polar surface area (TPSA) is 53.6 Å². The highest BCUT2D eigenvalue weighted by Crippen LogP contribution is 2.24. The Morgan fingerprint density at radius 3 is 2.65 bits per heavy atom. The van der Waals surface area contributed by atoms with Crippen LogP contribution in [0.15, 0.2) is 29.3 Å². The van der Waals surface area contributed by atoms with Crippen LogP contribution in [0.3, 0.4) is 0 Å². The Bertz CT molecular complexity index is 448. The molecule has 1 aliphatic heterocycles. The van der Waals surface area contributed by atoms with Crippen LogP contribution in [-0.2, 0) is 6.54 Å². The van der Waals surface area contributed by atoms with Gasteiger partial charge in [-0.25, -0.2) is 4.99 Å². The third-order valence-electron chi connectivity index (χ3n) is 3.54. The molecular formula is C16H26N4. The van der Waals surface area contributed by atoms with E-state index in [0.717, 1.165) is 13.1 Å². The van der Waals surface area contributed by atoms with E-state index in [1.807, 2.05) is 0 Å². The van der Waals surface area contributed by atoms with E-state index in [0.29, 0.717) is 18.5 Å². The summed E-state index contributed by atoms with van der Waals surface area (Å²) < 4.78 is 0. The fourth-order valence-electron chi connectivity index (χ4n) is 2.60. The first kappa shape index (κ1) is 14.7. The number of aliphatic imine (C=N–C) groups is 1. The Balaban J connectivity index is 2.07. The monoisotopic (exact) mass is 274 g/mol.